The van der Waals surface area contributed by atoms with E-state index >= 15 is 0 Å². The lowest BCUT2D eigenvalue weighted by Gasteiger charge is -2.20. The zero-order valence-electron chi connectivity index (χ0n) is 9.64. The van der Waals surface area contributed by atoms with E-state index in [1.54, 1.807) is 11.3 Å². The highest BCUT2D eigenvalue weighted by Crippen LogP contribution is 2.32. The van der Waals surface area contributed by atoms with E-state index in [2.05, 4.69) is 32.4 Å². The van der Waals surface area contributed by atoms with Gasteiger partial charge in [-0.25, -0.2) is 4.98 Å². The van der Waals surface area contributed by atoms with E-state index in [0.717, 1.165) is 20.7 Å². The third-order valence-electron chi connectivity index (χ3n) is 2.76. The summed E-state index contributed by atoms with van der Waals surface area (Å²) in [6.07, 6.45) is -0.0139. The monoisotopic (exact) mass is 325 g/mol. The lowest BCUT2D eigenvalue weighted by atomic mass is 10.2. The highest BCUT2D eigenvalue weighted by Gasteiger charge is 2.20. The zero-order valence-corrected chi connectivity index (χ0v) is 12.0. The van der Waals surface area contributed by atoms with Gasteiger partial charge in [-0.1, -0.05) is 34.1 Å². The number of thiazole rings is 1. The van der Waals surface area contributed by atoms with E-state index in [-0.39, 0.29) is 6.10 Å². The first kappa shape index (κ1) is 12.3. The number of aromatic nitrogens is 1. The van der Waals surface area contributed by atoms with Crippen molar-refractivity contribution in [3.8, 4) is 11.3 Å². The maximum atomic E-state index is 5.65. The molecule has 0 saturated carbocycles. The SMILES string of the molecule is Brc1ccccc1-c1csc(C2COCCO2)n1. The number of benzene rings is 1. The summed E-state index contributed by atoms with van der Waals surface area (Å²) in [5.74, 6) is 0. The van der Waals surface area contributed by atoms with E-state index < -0.39 is 0 Å². The quantitative estimate of drug-likeness (QED) is 0.844. The summed E-state index contributed by atoms with van der Waals surface area (Å²) < 4.78 is 12.1. The van der Waals surface area contributed by atoms with Gasteiger partial charge in [0.2, 0.25) is 0 Å². The topological polar surface area (TPSA) is 31.4 Å². The largest absolute Gasteiger partial charge is 0.376 e. The van der Waals surface area contributed by atoms with E-state index in [1.165, 1.54) is 0 Å². The molecule has 5 heteroatoms. The molecule has 1 unspecified atom stereocenters. The fraction of sp³-hybridized carbons (Fsp3) is 0.308. The Kier molecular flexibility index (Phi) is 3.75. The number of rotatable bonds is 2. The van der Waals surface area contributed by atoms with Gasteiger partial charge in [-0.2, -0.15) is 0 Å². The van der Waals surface area contributed by atoms with Crippen molar-refractivity contribution in [2.75, 3.05) is 19.8 Å². The fourth-order valence-electron chi connectivity index (χ4n) is 1.86. The number of halogens is 1. The number of nitrogens with zero attached hydrogens (tertiary/aromatic N) is 1. The Hall–Kier alpha value is -0.750. The van der Waals surface area contributed by atoms with Crippen molar-refractivity contribution in [1.29, 1.82) is 0 Å². The second-order valence-electron chi connectivity index (χ2n) is 3.99. The Labute approximate surface area is 118 Å². The molecule has 0 aliphatic carbocycles. The molecule has 18 heavy (non-hydrogen) atoms. The normalized spacial score (nSPS) is 19.9. The molecule has 0 radical (unpaired) electrons. The van der Waals surface area contributed by atoms with E-state index in [1.807, 2.05) is 18.2 Å². The summed E-state index contributed by atoms with van der Waals surface area (Å²) in [6, 6.07) is 8.09. The minimum Gasteiger partial charge on any atom is -0.376 e. The first-order valence-corrected chi connectivity index (χ1v) is 7.41. The van der Waals surface area contributed by atoms with Crippen LogP contribution in [0.2, 0.25) is 0 Å². The van der Waals surface area contributed by atoms with Crippen molar-refractivity contribution in [3.63, 3.8) is 0 Å². The first-order valence-electron chi connectivity index (χ1n) is 5.74. The highest BCUT2D eigenvalue weighted by atomic mass is 79.9. The summed E-state index contributed by atoms with van der Waals surface area (Å²) in [6.45, 7) is 1.93. The van der Waals surface area contributed by atoms with Crippen molar-refractivity contribution in [2.45, 2.75) is 6.10 Å². The highest BCUT2D eigenvalue weighted by molar-refractivity contribution is 9.10. The van der Waals surface area contributed by atoms with Crippen LogP contribution in [0, 0.1) is 0 Å². The maximum absolute atomic E-state index is 5.65. The number of hydrogen-bond donors (Lipinski definition) is 0. The van der Waals surface area contributed by atoms with Gasteiger partial charge in [0, 0.05) is 15.4 Å². The molecule has 1 aliphatic heterocycles. The summed E-state index contributed by atoms with van der Waals surface area (Å²) in [7, 11) is 0. The standard InChI is InChI=1S/C13H12BrNO2S/c14-10-4-2-1-3-9(10)11-8-18-13(15-11)12-7-16-5-6-17-12/h1-4,8,12H,5-7H2. The lowest BCUT2D eigenvalue weighted by Crippen LogP contribution is -2.21. The molecule has 1 aromatic heterocycles. The fourth-order valence-corrected chi connectivity index (χ4v) is 3.20. The molecule has 2 heterocycles. The Bertz CT molecular complexity index is 537. The third kappa shape index (κ3) is 2.49. The van der Waals surface area contributed by atoms with Crippen molar-refractivity contribution in [2.24, 2.45) is 0 Å². The van der Waals surface area contributed by atoms with Crippen LogP contribution in [0.5, 0.6) is 0 Å². The average Bonchev–Trinajstić information content (AvgIpc) is 2.90. The molecule has 1 aliphatic rings. The van der Waals surface area contributed by atoms with Crippen LogP contribution in [-0.2, 0) is 9.47 Å². The van der Waals surface area contributed by atoms with Gasteiger partial charge in [0.25, 0.3) is 0 Å². The van der Waals surface area contributed by atoms with Gasteiger partial charge in [-0.15, -0.1) is 11.3 Å². The Morgan fingerprint density at radius 2 is 2.17 bits per heavy atom. The van der Waals surface area contributed by atoms with Gasteiger partial charge in [0.15, 0.2) is 0 Å². The van der Waals surface area contributed by atoms with Crippen LogP contribution in [-0.4, -0.2) is 24.8 Å². The van der Waals surface area contributed by atoms with Crippen LogP contribution in [0.4, 0.5) is 0 Å². The molecule has 0 spiro atoms. The van der Waals surface area contributed by atoms with E-state index in [9.17, 15) is 0 Å². The van der Waals surface area contributed by atoms with Gasteiger partial charge in [0.1, 0.15) is 11.1 Å². The maximum Gasteiger partial charge on any atom is 0.132 e. The number of ether oxygens (including phenoxy) is 2. The molecule has 0 N–H and O–H groups in total. The second-order valence-corrected chi connectivity index (χ2v) is 5.73. The van der Waals surface area contributed by atoms with Crippen molar-refractivity contribution < 1.29 is 9.47 Å². The van der Waals surface area contributed by atoms with Crippen LogP contribution in [0.1, 0.15) is 11.1 Å². The van der Waals surface area contributed by atoms with Crippen LogP contribution >= 0.6 is 27.3 Å². The summed E-state index contributed by atoms with van der Waals surface area (Å²) in [5.41, 5.74) is 2.09. The summed E-state index contributed by atoms with van der Waals surface area (Å²) >= 11 is 5.17. The van der Waals surface area contributed by atoms with Gasteiger partial charge in [0.05, 0.1) is 25.5 Å². The van der Waals surface area contributed by atoms with Crippen molar-refractivity contribution in [3.05, 3.63) is 39.1 Å². The molecule has 1 aromatic carbocycles. The smallest absolute Gasteiger partial charge is 0.132 e. The predicted octanol–water partition coefficient (Wildman–Crippen LogP) is 3.66. The summed E-state index contributed by atoms with van der Waals surface area (Å²) in [5, 5.41) is 3.05. The third-order valence-corrected chi connectivity index (χ3v) is 4.39. The molecule has 1 fully saturated rings. The lowest BCUT2D eigenvalue weighted by molar-refractivity contribution is -0.0901. The molecule has 0 bridgehead atoms. The summed E-state index contributed by atoms with van der Waals surface area (Å²) in [4.78, 5) is 4.65. The molecule has 3 nitrogen and oxygen atoms in total. The van der Waals surface area contributed by atoms with Crippen molar-refractivity contribution >= 4 is 27.3 Å². The Morgan fingerprint density at radius 1 is 1.28 bits per heavy atom. The molecule has 0 amide bonds. The average molecular weight is 326 g/mol. The van der Waals surface area contributed by atoms with Crippen molar-refractivity contribution in [1.82, 2.24) is 4.98 Å². The molecule has 2 aromatic rings. The van der Waals surface area contributed by atoms with Gasteiger partial charge in [-0.3, -0.25) is 0 Å². The second kappa shape index (κ2) is 5.48. The van der Waals surface area contributed by atoms with Crippen LogP contribution in [0.15, 0.2) is 34.1 Å². The van der Waals surface area contributed by atoms with Crippen LogP contribution < -0.4 is 0 Å². The first-order chi connectivity index (χ1) is 8.84. The molecule has 94 valence electrons. The zero-order chi connectivity index (χ0) is 12.4. The van der Waals surface area contributed by atoms with E-state index in [0.29, 0.717) is 19.8 Å². The minimum absolute atomic E-state index is 0.0139. The van der Waals surface area contributed by atoms with Gasteiger partial charge < -0.3 is 9.47 Å². The van der Waals surface area contributed by atoms with Crippen LogP contribution in [0.25, 0.3) is 11.3 Å². The molecule has 1 saturated heterocycles. The van der Waals surface area contributed by atoms with Gasteiger partial charge >= 0.3 is 0 Å². The predicted molar refractivity (Wildman–Crippen MR) is 74.8 cm³/mol. The van der Waals surface area contributed by atoms with Gasteiger partial charge in [-0.05, 0) is 6.07 Å². The molecule has 1 atom stereocenters. The molecular formula is C13H12BrNO2S. The molecular weight excluding hydrogens is 314 g/mol. The minimum atomic E-state index is -0.0139. The van der Waals surface area contributed by atoms with Crippen LogP contribution in [0.3, 0.4) is 0 Å². The number of hydrogen-bond acceptors (Lipinski definition) is 4. The Morgan fingerprint density at radius 3 is 2.94 bits per heavy atom. The molecule has 3 rings (SSSR count). The Balaban J connectivity index is 1.87. The van der Waals surface area contributed by atoms with E-state index in [4.69, 9.17) is 9.47 Å².